The summed E-state index contributed by atoms with van der Waals surface area (Å²) in [4.78, 5) is 11.9. The molecule has 10 heteroatoms. The van der Waals surface area contributed by atoms with E-state index in [1.165, 1.54) is 19.2 Å². The molecular formula is C19H19FN2O5S2. The maximum absolute atomic E-state index is 13.1. The summed E-state index contributed by atoms with van der Waals surface area (Å²) in [5, 5.41) is 0. The van der Waals surface area contributed by atoms with E-state index in [0.717, 1.165) is 29.0 Å². The van der Waals surface area contributed by atoms with Crippen LogP contribution in [0.3, 0.4) is 0 Å². The number of hydrogen-bond donors (Lipinski definition) is 0. The number of carbonyl (C=O) groups is 1. The standard InChI is InChI=1S/C19H19FN2O5S2/c1-3-27-11-10-22-16-9-4-13(18(23)26-2)12-17(16)28-19(22)21-29(24,25)15-7-5-14(20)6-8-15/h4-9,12H,3,10-11H2,1-2H3/b21-19-. The van der Waals surface area contributed by atoms with Crippen molar-refractivity contribution in [3.8, 4) is 0 Å². The summed E-state index contributed by atoms with van der Waals surface area (Å²) in [5.41, 5.74) is 1.07. The maximum Gasteiger partial charge on any atom is 0.337 e. The first-order valence-corrected chi connectivity index (χ1v) is 11.0. The molecule has 0 saturated carbocycles. The van der Waals surface area contributed by atoms with E-state index in [0.29, 0.717) is 30.0 Å². The number of rotatable bonds is 7. The Morgan fingerprint density at radius 2 is 1.93 bits per heavy atom. The zero-order chi connectivity index (χ0) is 21.0. The smallest absolute Gasteiger partial charge is 0.337 e. The molecule has 154 valence electrons. The highest BCUT2D eigenvalue weighted by atomic mass is 32.2. The van der Waals surface area contributed by atoms with Crippen LogP contribution in [0.4, 0.5) is 4.39 Å². The van der Waals surface area contributed by atoms with Gasteiger partial charge in [0.05, 0.1) is 34.4 Å². The van der Waals surface area contributed by atoms with E-state index in [-0.39, 0.29) is 9.70 Å². The molecule has 3 rings (SSSR count). The van der Waals surface area contributed by atoms with E-state index in [1.54, 1.807) is 22.8 Å². The average Bonchev–Trinajstić information content (AvgIpc) is 3.03. The number of nitrogens with zero attached hydrogens (tertiary/aromatic N) is 2. The first-order chi connectivity index (χ1) is 13.9. The fraction of sp³-hybridized carbons (Fsp3) is 0.263. The zero-order valence-corrected chi connectivity index (χ0v) is 17.4. The van der Waals surface area contributed by atoms with Crippen LogP contribution in [-0.4, -0.2) is 39.3 Å². The molecule has 0 bridgehead atoms. The van der Waals surface area contributed by atoms with Gasteiger partial charge in [0.15, 0.2) is 0 Å². The van der Waals surface area contributed by atoms with Gasteiger partial charge in [0.2, 0.25) is 4.80 Å². The van der Waals surface area contributed by atoms with E-state index < -0.39 is 21.8 Å². The van der Waals surface area contributed by atoms with Crippen LogP contribution in [0.15, 0.2) is 51.8 Å². The number of hydrogen-bond acceptors (Lipinski definition) is 6. The molecule has 0 saturated heterocycles. The van der Waals surface area contributed by atoms with Crippen molar-refractivity contribution < 1.29 is 27.1 Å². The molecule has 0 spiro atoms. The Balaban J connectivity index is 2.15. The van der Waals surface area contributed by atoms with Crippen molar-refractivity contribution in [1.29, 1.82) is 0 Å². The van der Waals surface area contributed by atoms with Gasteiger partial charge >= 0.3 is 5.97 Å². The summed E-state index contributed by atoms with van der Waals surface area (Å²) in [6.07, 6.45) is 0. The molecule has 0 N–H and O–H groups in total. The van der Waals surface area contributed by atoms with Crippen LogP contribution in [0.1, 0.15) is 17.3 Å². The number of thiazole rings is 1. The Morgan fingerprint density at radius 3 is 2.59 bits per heavy atom. The minimum Gasteiger partial charge on any atom is -0.465 e. The van der Waals surface area contributed by atoms with Gasteiger partial charge in [0.1, 0.15) is 5.82 Å². The predicted molar refractivity (Wildman–Crippen MR) is 107 cm³/mol. The van der Waals surface area contributed by atoms with Crippen molar-refractivity contribution in [2.75, 3.05) is 20.3 Å². The number of esters is 1. The number of sulfonamides is 1. The summed E-state index contributed by atoms with van der Waals surface area (Å²) >= 11 is 1.13. The van der Waals surface area contributed by atoms with Crippen LogP contribution in [0, 0.1) is 5.82 Å². The molecular weight excluding hydrogens is 419 g/mol. The quantitative estimate of drug-likeness (QED) is 0.418. The molecule has 0 amide bonds. The number of aromatic nitrogens is 1. The molecule has 7 nitrogen and oxygen atoms in total. The second-order valence-corrected chi connectivity index (χ2v) is 8.54. The topological polar surface area (TPSA) is 87.0 Å². The molecule has 0 aliphatic heterocycles. The van der Waals surface area contributed by atoms with Crippen molar-refractivity contribution in [1.82, 2.24) is 4.57 Å². The lowest BCUT2D eigenvalue weighted by atomic mass is 10.2. The van der Waals surface area contributed by atoms with Gasteiger partial charge in [0.25, 0.3) is 10.0 Å². The highest BCUT2D eigenvalue weighted by Crippen LogP contribution is 2.21. The van der Waals surface area contributed by atoms with Crippen LogP contribution < -0.4 is 4.80 Å². The summed E-state index contributed by atoms with van der Waals surface area (Å²) in [6, 6.07) is 9.43. The van der Waals surface area contributed by atoms with E-state index >= 15 is 0 Å². The lowest BCUT2D eigenvalue weighted by Crippen LogP contribution is -2.20. The van der Waals surface area contributed by atoms with Crippen molar-refractivity contribution in [2.45, 2.75) is 18.4 Å². The van der Waals surface area contributed by atoms with Gasteiger partial charge in [-0.05, 0) is 49.4 Å². The monoisotopic (exact) mass is 438 g/mol. The third kappa shape index (κ3) is 4.72. The number of benzene rings is 2. The second-order valence-electron chi connectivity index (χ2n) is 5.93. The molecule has 0 aliphatic rings. The molecule has 0 unspecified atom stereocenters. The van der Waals surface area contributed by atoms with Gasteiger partial charge in [-0.1, -0.05) is 11.3 Å². The highest BCUT2D eigenvalue weighted by Gasteiger charge is 2.16. The molecule has 2 aromatic carbocycles. The Morgan fingerprint density at radius 1 is 1.21 bits per heavy atom. The number of ether oxygens (including phenoxy) is 2. The van der Waals surface area contributed by atoms with Gasteiger partial charge in [-0.2, -0.15) is 8.42 Å². The zero-order valence-electron chi connectivity index (χ0n) is 15.8. The Labute approximate surface area is 171 Å². The minimum absolute atomic E-state index is 0.108. The first-order valence-electron chi connectivity index (χ1n) is 8.71. The Hall–Kier alpha value is -2.56. The Bertz CT molecular complexity index is 1200. The molecule has 0 aliphatic carbocycles. The normalized spacial score (nSPS) is 12.4. The van der Waals surface area contributed by atoms with Crippen molar-refractivity contribution >= 4 is 37.5 Å². The van der Waals surface area contributed by atoms with Crippen LogP contribution in [0.5, 0.6) is 0 Å². The first kappa shape index (κ1) is 21.2. The molecule has 0 atom stereocenters. The molecule has 1 heterocycles. The molecule has 29 heavy (non-hydrogen) atoms. The van der Waals surface area contributed by atoms with Crippen LogP contribution in [0.2, 0.25) is 0 Å². The van der Waals surface area contributed by atoms with Crippen molar-refractivity contribution in [2.24, 2.45) is 4.40 Å². The Kier molecular flexibility index (Phi) is 6.46. The van der Waals surface area contributed by atoms with Gasteiger partial charge in [-0.25, -0.2) is 9.18 Å². The fourth-order valence-corrected chi connectivity index (χ4v) is 4.96. The number of carbonyl (C=O) groups excluding carboxylic acids is 1. The average molecular weight is 439 g/mol. The van der Waals surface area contributed by atoms with E-state index in [1.807, 2.05) is 6.92 Å². The van der Waals surface area contributed by atoms with Gasteiger partial charge < -0.3 is 14.0 Å². The van der Waals surface area contributed by atoms with Gasteiger partial charge in [-0.3, -0.25) is 0 Å². The molecule has 1 aromatic heterocycles. The highest BCUT2D eigenvalue weighted by molar-refractivity contribution is 7.90. The largest absolute Gasteiger partial charge is 0.465 e. The van der Waals surface area contributed by atoms with Gasteiger partial charge in [0, 0.05) is 13.2 Å². The third-order valence-corrected chi connectivity index (χ3v) is 6.51. The summed E-state index contributed by atoms with van der Waals surface area (Å²) < 4.78 is 55.0. The maximum atomic E-state index is 13.1. The molecule has 0 fully saturated rings. The summed E-state index contributed by atoms with van der Waals surface area (Å²) in [5.74, 6) is -1.02. The van der Waals surface area contributed by atoms with Gasteiger partial charge in [-0.15, -0.1) is 4.40 Å². The summed E-state index contributed by atoms with van der Waals surface area (Å²) in [7, 11) is -2.76. The molecule has 0 radical (unpaired) electrons. The SMILES string of the molecule is CCOCCn1/c(=N/S(=O)(=O)c2ccc(F)cc2)sc2cc(C(=O)OC)ccc21. The number of halogens is 1. The van der Waals surface area contributed by atoms with Crippen molar-refractivity contribution in [3.05, 3.63) is 58.6 Å². The number of fused-ring (bicyclic) bond motifs is 1. The van der Waals surface area contributed by atoms with Crippen LogP contribution in [0.25, 0.3) is 10.2 Å². The van der Waals surface area contributed by atoms with Crippen LogP contribution in [-0.2, 0) is 26.0 Å². The summed E-state index contributed by atoms with van der Waals surface area (Å²) in [6.45, 7) is 3.13. The van der Waals surface area contributed by atoms with E-state index in [4.69, 9.17) is 9.47 Å². The van der Waals surface area contributed by atoms with Crippen molar-refractivity contribution in [3.63, 3.8) is 0 Å². The number of methoxy groups -OCH3 is 1. The lowest BCUT2D eigenvalue weighted by molar-refractivity contribution is 0.0601. The lowest BCUT2D eigenvalue weighted by Gasteiger charge is -2.06. The van der Waals surface area contributed by atoms with E-state index in [9.17, 15) is 17.6 Å². The third-order valence-electron chi connectivity index (χ3n) is 4.08. The predicted octanol–water partition coefficient (Wildman–Crippen LogP) is 2.95. The fourth-order valence-electron chi connectivity index (χ4n) is 2.67. The molecule has 3 aromatic rings. The second kappa shape index (κ2) is 8.85. The van der Waals surface area contributed by atoms with E-state index in [2.05, 4.69) is 4.40 Å². The minimum atomic E-state index is -4.05. The van der Waals surface area contributed by atoms with Crippen LogP contribution >= 0.6 is 11.3 Å².